The van der Waals surface area contributed by atoms with Crippen molar-refractivity contribution in [3.8, 4) is 0 Å². The van der Waals surface area contributed by atoms with Crippen LogP contribution in [-0.4, -0.2) is 35.4 Å². The van der Waals surface area contributed by atoms with Gasteiger partial charge >= 0.3 is 0 Å². The van der Waals surface area contributed by atoms with Crippen LogP contribution in [0.15, 0.2) is 6.33 Å². The minimum atomic E-state index is -0.551. The van der Waals surface area contributed by atoms with Gasteiger partial charge in [-0.1, -0.05) is 0 Å². The van der Waals surface area contributed by atoms with Crippen LogP contribution in [0.3, 0.4) is 0 Å². The number of rotatable bonds is 2. The molecular formula is C2H7N3OSi2. The molecule has 0 amide bonds. The topological polar surface area (TPSA) is 50.8 Å². The fourth-order valence-electron chi connectivity index (χ4n) is 0.434. The molecule has 0 spiro atoms. The second kappa shape index (κ2) is 2.75. The second-order valence-corrected chi connectivity index (χ2v) is 4.58. The maximum absolute atomic E-state index is 5.02. The summed E-state index contributed by atoms with van der Waals surface area (Å²) >= 11 is 0. The fraction of sp³-hybridized carbons (Fsp3) is 0. The SMILES string of the molecule is [SiH3]O[SiH2]c1nc[nH]n1. The molecule has 0 fully saturated rings. The molecule has 0 radical (unpaired) electrons. The quantitative estimate of drug-likeness (QED) is 0.446. The third-order valence-electron chi connectivity index (χ3n) is 0.738. The van der Waals surface area contributed by atoms with Gasteiger partial charge in [0.05, 0.1) is 0 Å². The van der Waals surface area contributed by atoms with E-state index in [0.717, 1.165) is 15.9 Å². The molecule has 4 nitrogen and oxygen atoms in total. The van der Waals surface area contributed by atoms with Gasteiger partial charge in [0.25, 0.3) is 0 Å². The average Bonchev–Trinajstić information content (AvgIpc) is 2.19. The van der Waals surface area contributed by atoms with Crippen molar-refractivity contribution in [2.24, 2.45) is 0 Å². The van der Waals surface area contributed by atoms with Crippen molar-refractivity contribution >= 4 is 25.7 Å². The Labute approximate surface area is 52.2 Å². The van der Waals surface area contributed by atoms with Gasteiger partial charge in [0.1, 0.15) is 16.8 Å². The summed E-state index contributed by atoms with van der Waals surface area (Å²) in [5, 5.41) is 6.45. The molecule has 0 aliphatic carbocycles. The van der Waals surface area contributed by atoms with E-state index in [-0.39, 0.29) is 0 Å². The lowest BCUT2D eigenvalue weighted by molar-refractivity contribution is 0.673. The molecule has 1 rings (SSSR count). The van der Waals surface area contributed by atoms with Crippen LogP contribution < -0.4 is 5.45 Å². The van der Waals surface area contributed by atoms with Gasteiger partial charge < -0.3 is 4.12 Å². The standard InChI is InChI=1S/C2H7N3OSi2/c7-6-8-2-3-1-4-5-2/h1H,8H2,7H3,(H,3,4,5). The van der Waals surface area contributed by atoms with Gasteiger partial charge in [0, 0.05) is 0 Å². The van der Waals surface area contributed by atoms with Crippen molar-refractivity contribution in [3.63, 3.8) is 0 Å². The summed E-state index contributed by atoms with van der Waals surface area (Å²) in [6.45, 7) is 0. The maximum Gasteiger partial charge on any atom is 0.226 e. The van der Waals surface area contributed by atoms with E-state index in [9.17, 15) is 0 Å². The van der Waals surface area contributed by atoms with Crippen LogP contribution in [0.5, 0.6) is 0 Å². The van der Waals surface area contributed by atoms with Crippen LogP contribution in [0.4, 0.5) is 0 Å². The Hall–Kier alpha value is -0.466. The molecule has 6 heteroatoms. The number of aromatic amines is 1. The van der Waals surface area contributed by atoms with Crippen molar-refractivity contribution in [2.75, 3.05) is 0 Å². The summed E-state index contributed by atoms with van der Waals surface area (Å²) < 4.78 is 5.02. The minimum absolute atomic E-state index is 0.551. The van der Waals surface area contributed by atoms with Crippen LogP contribution in [0.1, 0.15) is 0 Å². The lowest BCUT2D eigenvalue weighted by atomic mass is 11.3. The monoisotopic (exact) mass is 145 g/mol. The molecule has 1 aromatic heterocycles. The average molecular weight is 145 g/mol. The fourth-order valence-corrected chi connectivity index (χ4v) is 1.79. The molecule has 0 unspecified atom stereocenters. The first-order valence-electron chi connectivity index (χ1n) is 2.27. The predicted octanol–water partition coefficient (Wildman–Crippen LogP) is -3.19. The van der Waals surface area contributed by atoms with Gasteiger partial charge in [0.15, 0.2) is 5.45 Å². The normalized spacial score (nSPS) is 11.5. The molecular weight excluding hydrogens is 138 g/mol. The van der Waals surface area contributed by atoms with Gasteiger partial charge in [-0.15, -0.1) is 0 Å². The van der Waals surface area contributed by atoms with Crippen LogP contribution in [0, 0.1) is 0 Å². The Morgan fingerprint density at radius 1 is 1.88 bits per heavy atom. The number of nitrogens with zero attached hydrogens (tertiary/aromatic N) is 2. The van der Waals surface area contributed by atoms with Crippen molar-refractivity contribution in [1.82, 2.24) is 15.2 Å². The smallest absolute Gasteiger partial charge is 0.226 e. The highest BCUT2D eigenvalue weighted by molar-refractivity contribution is 6.48. The zero-order valence-corrected chi connectivity index (χ0v) is 8.00. The van der Waals surface area contributed by atoms with Crippen molar-refractivity contribution in [2.45, 2.75) is 0 Å². The number of aromatic nitrogens is 3. The van der Waals surface area contributed by atoms with E-state index in [4.69, 9.17) is 4.12 Å². The molecule has 1 aromatic rings. The molecule has 1 N–H and O–H groups in total. The molecule has 0 atom stereocenters. The van der Waals surface area contributed by atoms with Gasteiger partial charge in [-0.3, -0.25) is 5.10 Å². The maximum atomic E-state index is 5.02. The van der Waals surface area contributed by atoms with Crippen LogP contribution >= 0.6 is 0 Å². The summed E-state index contributed by atoms with van der Waals surface area (Å²) in [6.07, 6.45) is 1.57. The first kappa shape index (κ1) is 5.67. The van der Waals surface area contributed by atoms with Crippen molar-refractivity contribution < 1.29 is 4.12 Å². The van der Waals surface area contributed by atoms with Gasteiger partial charge in [0.2, 0.25) is 9.76 Å². The summed E-state index contributed by atoms with van der Waals surface area (Å²) in [7, 11) is 0.252. The highest BCUT2D eigenvalue weighted by Crippen LogP contribution is 1.59. The van der Waals surface area contributed by atoms with E-state index >= 15 is 0 Å². The van der Waals surface area contributed by atoms with Crippen molar-refractivity contribution in [3.05, 3.63) is 6.33 Å². The summed E-state index contributed by atoms with van der Waals surface area (Å²) in [5.74, 6) is 0. The Morgan fingerprint density at radius 2 is 2.75 bits per heavy atom. The molecule has 0 saturated heterocycles. The lowest BCUT2D eigenvalue weighted by Gasteiger charge is -1.85. The highest BCUT2D eigenvalue weighted by Gasteiger charge is 1.91. The summed E-state index contributed by atoms with van der Waals surface area (Å²) in [6, 6.07) is 0. The van der Waals surface area contributed by atoms with E-state index in [1.807, 2.05) is 0 Å². The second-order valence-electron chi connectivity index (χ2n) is 1.35. The van der Waals surface area contributed by atoms with E-state index in [1.54, 1.807) is 6.33 Å². The molecule has 44 valence electrons. The molecule has 1 heterocycles. The lowest BCUT2D eigenvalue weighted by Crippen LogP contribution is -2.20. The van der Waals surface area contributed by atoms with E-state index in [1.165, 1.54) is 0 Å². The Bertz CT molecular complexity index is 141. The van der Waals surface area contributed by atoms with Crippen molar-refractivity contribution in [1.29, 1.82) is 0 Å². The largest absolute Gasteiger partial charge is 0.463 e. The summed E-state index contributed by atoms with van der Waals surface area (Å²) in [5.41, 5.74) is 0.861. The number of hydrogen-bond acceptors (Lipinski definition) is 3. The van der Waals surface area contributed by atoms with Crippen LogP contribution in [0.25, 0.3) is 0 Å². The molecule has 0 aliphatic heterocycles. The first-order valence-corrected chi connectivity index (χ1v) is 4.37. The molecule has 0 saturated carbocycles. The third-order valence-corrected chi connectivity index (χ3v) is 2.49. The zero-order valence-electron chi connectivity index (χ0n) is 4.59. The Balaban J connectivity index is 2.50. The number of hydrogen-bond donors (Lipinski definition) is 1. The molecule has 0 bridgehead atoms. The van der Waals surface area contributed by atoms with E-state index < -0.39 is 9.76 Å². The molecule has 0 aromatic carbocycles. The van der Waals surface area contributed by atoms with Gasteiger partial charge in [-0.25, -0.2) is 4.98 Å². The third kappa shape index (κ3) is 1.25. The Kier molecular flexibility index (Phi) is 1.95. The highest BCUT2D eigenvalue weighted by atomic mass is 28.3. The van der Waals surface area contributed by atoms with Gasteiger partial charge in [-0.2, -0.15) is 5.10 Å². The van der Waals surface area contributed by atoms with Crippen LogP contribution in [0.2, 0.25) is 0 Å². The summed E-state index contributed by atoms with van der Waals surface area (Å²) in [4.78, 5) is 3.90. The number of nitrogens with one attached hydrogen (secondary N) is 1. The Morgan fingerprint density at radius 3 is 3.25 bits per heavy atom. The predicted molar refractivity (Wildman–Crippen MR) is 35.6 cm³/mol. The molecule has 0 aliphatic rings. The zero-order chi connectivity index (χ0) is 5.82. The van der Waals surface area contributed by atoms with Gasteiger partial charge in [-0.05, 0) is 0 Å². The van der Waals surface area contributed by atoms with E-state index in [0.29, 0.717) is 0 Å². The first-order chi connectivity index (χ1) is 3.93. The van der Waals surface area contributed by atoms with E-state index in [2.05, 4.69) is 15.2 Å². The van der Waals surface area contributed by atoms with Crippen LogP contribution in [-0.2, 0) is 4.12 Å². The molecule has 8 heavy (non-hydrogen) atoms. The number of H-pyrrole nitrogens is 1. The minimum Gasteiger partial charge on any atom is -0.463 e.